The Morgan fingerprint density at radius 3 is 2.50 bits per heavy atom. The van der Waals surface area contributed by atoms with Gasteiger partial charge in [-0.15, -0.1) is 0 Å². The average molecular weight is 287 g/mol. The molecule has 0 saturated carbocycles. The van der Waals surface area contributed by atoms with Gasteiger partial charge in [0.05, 0.1) is 5.56 Å². The topological polar surface area (TPSA) is 37.3 Å². The molecule has 0 atom stereocenters. The zero-order chi connectivity index (χ0) is 14.7. The third kappa shape index (κ3) is 2.91. The van der Waals surface area contributed by atoms with E-state index >= 15 is 0 Å². The lowest BCUT2D eigenvalue weighted by atomic mass is 10.00. The van der Waals surface area contributed by atoms with Crippen LogP contribution >= 0.6 is 11.6 Å². The lowest BCUT2D eigenvalue weighted by molar-refractivity contribution is 0.104. The Morgan fingerprint density at radius 1 is 1.20 bits per heavy atom. The first kappa shape index (κ1) is 14.4. The first-order valence-electron chi connectivity index (χ1n) is 6.27. The van der Waals surface area contributed by atoms with Gasteiger partial charge < -0.3 is 5.11 Å². The van der Waals surface area contributed by atoms with Crippen LogP contribution in [0.4, 0.5) is 0 Å². The smallest absolute Gasteiger partial charge is 0.189 e. The van der Waals surface area contributed by atoms with E-state index in [9.17, 15) is 9.90 Å². The number of allylic oxidation sites excluding steroid dienone is 1. The molecule has 0 radical (unpaired) electrons. The number of aryl methyl sites for hydroxylation is 1. The lowest BCUT2D eigenvalue weighted by Gasteiger charge is -2.09. The van der Waals surface area contributed by atoms with Gasteiger partial charge in [0.2, 0.25) is 0 Å². The minimum absolute atomic E-state index is 0.0351. The van der Waals surface area contributed by atoms with Crippen molar-refractivity contribution in [1.82, 2.24) is 0 Å². The number of halogens is 1. The highest BCUT2D eigenvalue weighted by Crippen LogP contribution is 2.31. The molecular weight excluding hydrogens is 272 g/mol. The summed E-state index contributed by atoms with van der Waals surface area (Å²) in [6.45, 7) is 3.53. The summed E-state index contributed by atoms with van der Waals surface area (Å²) < 4.78 is 0. The molecular formula is C17H15ClO2. The summed E-state index contributed by atoms with van der Waals surface area (Å²) in [4.78, 5) is 12.2. The van der Waals surface area contributed by atoms with E-state index in [4.69, 9.17) is 11.6 Å². The van der Waals surface area contributed by atoms with E-state index in [1.54, 1.807) is 19.9 Å². The van der Waals surface area contributed by atoms with Crippen LogP contribution in [0, 0.1) is 13.8 Å². The number of ketones is 1. The first-order valence-corrected chi connectivity index (χ1v) is 6.64. The molecule has 20 heavy (non-hydrogen) atoms. The molecule has 0 aliphatic heterocycles. The van der Waals surface area contributed by atoms with Crippen molar-refractivity contribution in [3.63, 3.8) is 0 Å². The van der Waals surface area contributed by atoms with Crippen LogP contribution in [0.25, 0.3) is 6.08 Å². The van der Waals surface area contributed by atoms with Gasteiger partial charge in [-0.2, -0.15) is 0 Å². The maximum atomic E-state index is 12.2. The highest BCUT2D eigenvalue weighted by atomic mass is 35.5. The Hall–Kier alpha value is -2.06. The first-order chi connectivity index (χ1) is 9.50. The third-order valence-electron chi connectivity index (χ3n) is 3.13. The van der Waals surface area contributed by atoms with Crippen molar-refractivity contribution >= 4 is 23.5 Å². The van der Waals surface area contributed by atoms with Crippen molar-refractivity contribution in [2.45, 2.75) is 13.8 Å². The number of hydrogen-bond acceptors (Lipinski definition) is 2. The van der Waals surface area contributed by atoms with Crippen LogP contribution in [0.2, 0.25) is 5.02 Å². The summed E-state index contributed by atoms with van der Waals surface area (Å²) >= 11 is 6.13. The second kappa shape index (κ2) is 5.93. The molecule has 0 heterocycles. The van der Waals surface area contributed by atoms with Gasteiger partial charge >= 0.3 is 0 Å². The zero-order valence-electron chi connectivity index (χ0n) is 11.4. The van der Waals surface area contributed by atoms with Crippen LogP contribution in [-0.2, 0) is 0 Å². The van der Waals surface area contributed by atoms with E-state index in [-0.39, 0.29) is 17.1 Å². The van der Waals surface area contributed by atoms with Gasteiger partial charge in [0.1, 0.15) is 5.75 Å². The fraction of sp³-hybridized carbons (Fsp3) is 0.118. The molecule has 2 aromatic carbocycles. The Bertz CT molecular complexity index is 673. The number of carbonyl (C=O) groups excluding carboxylic acids is 1. The predicted molar refractivity (Wildman–Crippen MR) is 82.4 cm³/mol. The lowest BCUT2D eigenvalue weighted by Crippen LogP contribution is -2.00. The minimum atomic E-state index is -0.259. The Labute approximate surface area is 123 Å². The summed E-state index contributed by atoms with van der Waals surface area (Å²) in [7, 11) is 0. The van der Waals surface area contributed by atoms with Crippen LogP contribution in [0.15, 0.2) is 42.5 Å². The van der Waals surface area contributed by atoms with Crippen molar-refractivity contribution in [1.29, 1.82) is 0 Å². The molecule has 0 aliphatic carbocycles. The molecule has 2 aromatic rings. The molecule has 0 amide bonds. The van der Waals surface area contributed by atoms with Crippen LogP contribution in [0.3, 0.4) is 0 Å². The van der Waals surface area contributed by atoms with E-state index in [2.05, 4.69) is 0 Å². The summed E-state index contributed by atoms with van der Waals surface area (Å²) in [5, 5.41) is 10.5. The summed E-state index contributed by atoms with van der Waals surface area (Å²) in [5.41, 5.74) is 2.54. The van der Waals surface area contributed by atoms with Crippen LogP contribution < -0.4 is 0 Å². The van der Waals surface area contributed by atoms with Gasteiger partial charge in [0.15, 0.2) is 5.78 Å². The SMILES string of the molecule is Cc1cc(O)c(C(=O)/C=C/c2ccccc2)c(C)c1Cl. The fourth-order valence-electron chi connectivity index (χ4n) is 2.07. The predicted octanol–water partition coefficient (Wildman–Crippen LogP) is 4.56. The second-order valence-electron chi connectivity index (χ2n) is 4.63. The van der Waals surface area contributed by atoms with E-state index in [1.807, 2.05) is 30.3 Å². The Kier molecular flexibility index (Phi) is 4.26. The zero-order valence-corrected chi connectivity index (χ0v) is 12.1. The van der Waals surface area contributed by atoms with Crippen molar-refractivity contribution in [3.8, 4) is 5.75 Å². The van der Waals surface area contributed by atoms with Gasteiger partial charge in [-0.1, -0.05) is 48.0 Å². The Balaban J connectivity index is 2.36. The number of aromatic hydroxyl groups is 1. The van der Waals surface area contributed by atoms with Crippen LogP contribution in [0.5, 0.6) is 5.75 Å². The maximum Gasteiger partial charge on any atom is 0.189 e. The van der Waals surface area contributed by atoms with Crippen molar-refractivity contribution < 1.29 is 9.90 Å². The maximum absolute atomic E-state index is 12.2. The quantitative estimate of drug-likeness (QED) is 0.663. The van der Waals surface area contributed by atoms with Crippen molar-refractivity contribution in [3.05, 3.63) is 69.8 Å². The van der Waals surface area contributed by atoms with Gasteiger partial charge in [-0.05, 0) is 42.7 Å². The van der Waals surface area contributed by atoms with Gasteiger partial charge in [0, 0.05) is 5.02 Å². The number of phenolic OH excluding ortho intramolecular Hbond substituents is 1. The summed E-state index contributed by atoms with van der Waals surface area (Å²) in [6.07, 6.45) is 3.16. The molecule has 102 valence electrons. The number of phenols is 1. The number of hydrogen-bond donors (Lipinski definition) is 1. The fourth-order valence-corrected chi connectivity index (χ4v) is 2.22. The van der Waals surface area contributed by atoms with Gasteiger partial charge in [0.25, 0.3) is 0 Å². The summed E-state index contributed by atoms with van der Waals surface area (Å²) in [5.74, 6) is -0.294. The standard InChI is InChI=1S/C17H15ClO2/c1-11-10-15(20)16(12(2)17(11)18)14(19)9-8-13-6-4-3-5-7-13/h3-10,20H,1-2H3/b9-8+. The molecule has 0 unspecified atom stereocenters. The van der Waals surface area contributed by atoms with E-state index in [0.29, 0.717) is 10.6 Å². The molecule has 0 aromatic heterocycles. The number of benzene rings is 2. The molecule has 2 nitrogen and oxygen atoms in total. The molecule has 0 bridgehead atoms. The summed E-state index contributed by atoms with van der Waals surface area (Å²) in [6, 6.07) is 11.0. The highest BCUT2D eigenvalue weighted by molar-refractivity contribution is 6.33. The monoisotopic (exact) mass is 286 g/mol. The molecule has 0 aliphatic rings. The normalized spacial score (nSPS) is 10.9. The molecule has 2 rings (SSSR count). The number of carbonyl (C=O) groups is 1. The van der Waals surface area contributed by atoms with Crippen LogP contribution in [-0.4, -0.2) is 10.9 Å². The largest absolute Gasteiger partial charge is 0.507 e. The molecule has 1 N–H and O–H groups in total. The molecule has 0 fully saturated rings. The minimum Gasteiger partial charge on any atom is -0.507 e. The third-order valence-corrected chi connectivity index (χ3v) is 3.71. The molecule has 0 saturated heterocycles. The Morgan fingerprint density at radius 2 is 1.85 bits per heavy atom. The van der Waals surface area contributed by atoms with E-state index in [1.165, 1.54) is 12.1 Å². The van der Waals surface area contributed by atoms with Gasteiger partial charge in [-0.25, -0.2) is 0 Å². The van der Waals surface area contributed by atoms with Crippen molar-refractivity contribution in [2.24, 2.45) is 0 Å². The number of rotatable bonds is 3. The molecule has 0 spiro atoms. The van der Waals surface area contributed by atoms with Crippen LogP contribution in [0.1, 0.15) is 27.0 Å². The van der Waals surface area contributed by atoms with Crippen molar-refractivity contribution in [2.75, 3.05) is 0 Å². The van der Waals surface area contributed by atoms with E-state index < -0.39 is 0 Å². The average Bonchev–Trinajstić information content (AvgIpc) is 2.44. The second-order valence-corrected chi connectivity index (χ2v) is 5.01. The molecule has 3 heteroatoms. The van der Waals surface area contributed by atoms with Gasteiger partial charge in [-0.3, -0.25) is 4.79 Å². The van der Waals surface area contributed by atoms with E-state index in [0.717, 1.165) is 11.1 Å². The highest BCUT2D eigenvalue weighted by Gasteiger charge is 2.16.